The molecule has 2 aromatic carbocycles. The molecule has 1 aliphatic heterocycles. The maximum atomic E-state index is 13.3. The van der Waals surface area contributed by atoms with E-state index in [1.807, 2.05) is 12.1 Å². The van der Waals surface area contributed by atoms with E-state index in [2.05, 4.69) is 10.3 Å². The molecule has 0 unspecified atom stereocenters. The van der Waals surface area contributed by atoms with Crippen molar-refractivity contribution in [3.05, 3.63) is 83.6 Å². The summed E-state index contributed by atoms with van der Waals surface area (Å²) in [6, 6.07) is 16.5. The number of halogens is 1. The van der Waals surface area contributed by atoms with Crippen LogP contribution in [-0.4, -0.2) is 53.3 Å². The summed E-state index contributed by atoms with van der Waals surface area (Å²) >= 11 is 5.92. The Morgan fingerprint density at radius 2 is 1.65 bits per heavy atom. The standard InChI is InChI=1S/C24H22ClN3O5S/c25-18-8-4-16(5-9-18)17-6-10-20(11-7-17)34(32,33)28-14-12-19(15-22(28)24(30)31)27-23(29)21-3-1-2-13-26-21/h1-11,13,19,22H,12,14-15H2,(H,27,29)(H,30,31)/t19-,22-/m1/s1. The molecule has 1 amide bonds. The molecule has 1 aliphatic rings. The molecule has 0 saturated carbocycles. The van der Waals surface area contributed by atoms with Crippen LogP contribution in [-0.2, 0) is 14.8 Å². The topological polar surface area (TPSA) is 117 Å². The molecule has 10 heteroatoms. The van der Waals surface area contributed by atoms with Crippen LogP contribution in [0.5, 0.6) is 0 Å². The van der Waals surface area contributed by atoms with Crippen molar-refractivity contribution in [1.82, 2.24) is 14.6 Å². The average molecular weight is 500 g/mol. The number of rotatable bonds is 6. The van der Waals surface area contributed by atoms with E-state index in [0.29, 0.717) is 5.02 Å². The molecule has 2 heterocycles. The van der Waals surface area contributed by atoms with Crippen molar-refractivity contribution < 1.29 is 23.1 Å². The number of carbonyl (C=O) groups excluding carboxylic acids is 1. The second kappa shape index (κ2) is 9.92. The van der Waals surface area contributed by atoms with Gasteiger partial charge in [-0.25, -0.2) is 8.42 Å². The Morgan fingerprint density at radius 3 is 2.24 bits per heavy atom. The van der Waals surface area contributed by atoms with Gasteiger partial charge in [0.15, 0.2) is 0 Å². The largest absolute Gasteiger partial charge is 0.480 e. The first-order valence-electron chi connectivity index (χ1n) is 10.6. The number of aromatic nitrogens is 1. The summed E-state index contributed by atoms with van der Waals surface area (Å²) in [4.78, 5) is 28.4. The highest BCUT2D eigenvalue weighted by Gasteiger charge is 2.41. The van der Waals surface area contributed by atoms with Gasteiger partial charge in [-0.1, -0.05) is 41.9 Å². The molecular formula is C24H22ClN3O5S. The Balaban J connectivity index is 1.50. The quantitative estimate of drug-likeness (QED) is 0.536. The highest BCUT2D eigenvalue weighted by Crippen LogP contribution is 2.28. The van der Waals surface area contributed by atoms with Gasteiger partial charge in [-0.2, -0.15) is 4.31 Å². The van der Waals surface area contributed by atoms with Crippen LogP contribution >= 0.6 is 11.6 Å². The predicted octanol–water partition coefficient (Wildman–Crippen LogP) is 3.44. The van der Waals surface area contributed by atoms with Crippen molar-refractivity contribution in [3.8, 4) is 11.1 Å². The molecule has 0 radical (unpaired) electrons. The summed E-state index contributed by atoms with van der Waals surface area (Å²) in [7, 11) is -4.06. The lowest BCUT2D eigenvalue weighted by Gasteiger charge is -2.36. The van der Waals surface area contributed by atoms with Crippen molar-refractivity contribution in [1.29, 1.82) is 0 Å². The summed E-state index contributed by atoms with van der Waals surface area (Å²) in [5.74, 6) is -1.69. The van der Waals surface area contributed by atoms with Crippen LogP contribution in [0.1, 0.15) is 23.3 Å². The van der Waals surface area contributed by atoms with Crippen molar-refractivity contribution in [3.63, 3.8) is 0 Å². The van der Waals surface area contributed by atoms with E-state index < -0.39 is 34.0 Å². The number of piperidine rings is 1. The Labute approximate surface area is 202 Å². The number of hydrogen-bond acceptors (Lipinski definition) is 5. The van der Waals surface area contributed by atoms with Crippen LogP contribution in [0.2, 0.25) is 5.02 Å². The smallest absolute Gasteiger partial charge is 0.322 e. The lowest BCUT2D eigenvalue weighted by atomic mass is 9.99. The zero-order valence-corrected chi connectivity index (χ0v) is 19.5. The maximum absolute atomic E-state index is 13.3. The van der Waals surface area contributed by atoms with Crippen molar-refractivity contribution in [2.45, 2.75) is 29.8 Å². The van der Waals surface area contributed by atoms with Crippen LogP contribution in [0.25, 0.3) is 11.1 Å². The second-order valence-corrected chi connectivity index (χ2v) is 10.2. The van der Waals surface area contributed by atoms with E-state index in [1.54, 1.807) is 42.5 Å². The fourth-order valence-corrected chi connectivity index (χ4v) is 5.67. The second-order valence-electron chi connectivity index (χ2n) is 7.91. The van der Waals surface area contributed by atoms with Crippen LogP contribution in [0.4, 0.5) is 0 Å². The van der Waals surface area contributed by atoms with Gasteiger partial charge in [0.2, 0.25) is 10.0 Å². The molecular weight excluding hydrogens is 478 g/mol. The molecule has 3 aromatic rings. The number of hydrogen-bond donors (Lipinski definition) is 2. The minimum Gasteiger partial charge on any atom is -0.480 e. The number of nitrogens with zero attached hydrogens (tertiary/aromatic N) is 2. The molecule has 0 spiro atoms. The van der Waals surface area contributed by atoms with Crippen LogP contribution < -0.4 is 5.32 Å². The Bertz CT molecular complexity index is 1280. The minimum absolute atomic E-state index is 0.00688. The van der Waals surface area contributed by atoms with Gasteiger partial charge >= 0.3 is 5.97 Å². The molecule has 0 bridgehead atoms. The fraction of sp³-hybridized carbons (Fsp3) is 0.208. The molecule has 1 aromatic heterocycles. The Hall–Kier alpha value is -3.27. The Morgan fingerprint density at radius 1 is 1.00 bits per heavy atom. The van der Waals surface area contributed by atoms with Gasteiger partial charge in [-0.15, -0.1) is 0 Å². The number of amides is 1. The third kappa shape index (κ3) is 5.11. The highest BCUT2D eigenvalue weighted by atomic mass is 35.5. The van der Waals surface area contributed by atoms with E-state index in [4.69, 9.17) is 11.6 Å². The summed E-state index contributed by atoms with van der Waals surface area (Å²) in [6.07, 6.45) is 1.72. The minimum atomic E-state index is -4.06. The molecule has 2 N–H and O–H groups in total. The average Bonchev–Trinajstić information content (AvgIpc) is 2.85. The lowest BCUT2D eigenvalue weighted by Crippen LogP contribution is -2.54. The first kappa shape index (κ1) is 23.9. The van der Waals surface area contributed by atoms with Gasteiger partial charge in [0.25, 0.3) is 5.91 Å². The van der Waals surface area contributed by atoms with Gasteiger partial charge in [0.05, 0.1) is 4.90 Å². The zero-order chi connectivity index (χ0) is 24.3. The first-order chi connectivity index (χ1) is 16.3. The first-order valence-corrected chi connectivity index (χ1v) is 12.4. The molecule has 1 saturated heterocycles. The maximum Gasteiger partial charge on any atom is 0.322 e. The van der Waals surface area contributed by atoms with Crippen LogP contribution in [0.3, 0.4) is 0 Å². The van der Waals surface area contributed by atoms with Crippen LogP contribution in [0.15, 0.2) is 77.8 Å². The van der Waals surface area contributed by atoms with Gasteiger partial charge in [0, 0.05) is 23.8 Å². The number of carboxylic acids is 1. The predicted molar refractivity (Wildman–Crippen MR) is 127 cm³/mol. The Kier molecular flexibility index (Phi) is 6.97. The zero-order valence-electron chi connectivity index (χ0n) is 18.0. The van der Waals surface area contributed by atoms with Gasteiger partial charge in [0.1, 0.15) is 11.7 Å². The van der Waals surface area contributed by atoms with Crippen molar-refractivity contribution >= 4 is 33.5 Å². The third-order valence-corrected chi connectivity index (χ3v) is 7.88. The lowest BCUT2D eigenvalue weighted by molar-refractivity contribution is -0.142. The molecule has 2 atom stereocenters. The molecule has 8 nitrogen and oxygen atoms in total. The number of carbonyl (C=O) groups is 2. The van der Waals surface area contributed by atoms with E-state index >= 15 is 0 Å². The van der Waals surface area contributed by atoms with Crippen molar-refractivity contribution in [2.24, 2.45) is 0 Å². The number of nitrogens with one attached hydrogen (secondary N) is 1. The summed E-state index contributed by atoms with van der Waals surface area (Å²) < 4.78 is 27.6. The number of pyridine rings is 1. The van der Waals surface area contributed by atoms with Gasteiger partial charge in [-0.3, -0.25) is 14.6 Å². The number of aliphatic carboxylic acids is 1. The van der Waals surface area contributed by atoms with E-state index in [1.165, 1.54) is 18.3 Å². The van der Waals surface area contributed by atoms with Crippen molar-refractivity contribution in [2.75, 3.05) is 6.54 Å². The van der Waals surface area contributed by atoms with E-state index in [-0.39, 0.29) is 30.0 Å². The van der Waals surface area contributed by atoms with E-state index in [9.17, 15) is 23.1 Å². The van der Waals surface area contributed by atoms with Gasteiger partial charge < -0.3 is 10.4 Å². The van der Waals surface area contributed by atoms with E-state index in [0.717, 1.165) is 15.4 Å². The number of sulfonamides is 1. The molecule has 4 rings (SSSR count). The van der Waals surface area contributed by atoms with Gasteiger partial charge in [-0.05, 0) is 60.4 Å². The third-order valence-electron chi connectivity index (χ3n) is 5.71. The highest BCUT2D eigenvalue weighted by molar-refractivity contribution is 7.89. The summed E-state index contributed by atoms with van der Waals surface area (Å²) in [6.45, 7) is -0.0363. The fourth-order valence-electron chi connectivity index (χ4n) is 3.94. The number of benzene rings is 2. The molecule has 176 valence electrons. The molecule has 0 aliphatic carbocycles. The summed E-state index contributed by atoms with van der Waals surface area (Å²) in [5, 5.41) is 13.1. The number of carboxylic acid groups (broad SMARTS) is 1. The normalized spacial score (nSPS) is 18.9. The summed E-state index contributed by atoms with van der Waals surface area (Å²) in [5.41, 5.74) is 1.90. The SMILES string of the molecule is O=C(N[C@@H]1CCN(S(=O)(=O)c2ccc(-c3ccc(Cl)cc3)cc2)[C@@H](C(=O)O)C1)c1ccccn1. The molecule has 34 heavy (non-hydrogen) atoms. The molecule has 1 fully saturated rings. The monoisotopic (exact) mass is 499 g/mol. The van der Waals surface area contributed by atoms with Crippen LogP contribution in [0, 0.1) is 0 Å².